The van der Waals surface area contributed by atoms with Gasteiger partial charge in [0.15, 0.2) is 0 Å². The van der Waals surface area contributed by atoms with Crippen molar-refractivity contribution in [3.63, 3.8) is 0 Å². The van der Waals surface area contributed by atoms with Crippen molar-refractivity contribution in [2.45, 2.75) is 58.0 Å². The lowest BCUT2D eigenvalue weighted by atomic mass is 9.86. The summed E-state index contributed by atoms with van der Waals surface area (Å²) < 4.78 is 0. The smallest absolute Gasteiger partial charge is 0.0621 e. The van der Waals surface area contributed by atoms with Gasteiger partial charge in [-0.3, -0.25) is 9.88 Å². The van der Waals surface area contributed by atoms with Gasteiger partial charge in [0.2, 0.25) is 0 Å². The molecule has 2 heterocycles. The van der Waals surface area contributed by atoms with Gasteiger partial charge < -0.3 is 5.32 Å². The van der Waals surface area contributed by atoms with Crippen molar-refractivity contribution in [1.82, 2.24) is 15.2 Å². The highest BCUT2D eigenvalue weighted by atomic mass is 35.5. The number of hydrogen-bond donors (Lipinski definition) is 1. The van der Waals surface area contributed by atoms with E-state index in [2.05, 4.69) is 36.0 Å². The van der Waals surface area contributed by atoms with Crippen molar-refractivity contribution in [3.8, 4) is 0 Å². The molecule has 118 valence electrons. The average molecular weight is 310 g/mol. The van der Waals surface area contributed by atoms with Crippen LogP contribution in [-0.2, 0) is 6.42 Å². The van der Waals surface area contributed by atoms with E-state index in [0.29, 0.717) is 6.04 Å². The number of rotatable bonds is 6. The van der Waals surface area contributed by atoms with E-state index in [1.54, 1.807) is 6.20 Å². The molecule has 1 fully saturated rings. The topological polar surface area (TPSA) is 28.2 Å². The third kappa shape index (κ3) is 4.18. The van der Waals surface area contributed by atoms with Crippen LogP contribution < -0.4 is 5.32 Å². The van der Waals surface area contributed by atoms with E-state index in [1.165, 1.54) is 37.9 Å². The van der Waals surface area contributed by atoms with E-state index < -0.39 is 0 Å². The third-order valence-corrected chi connectivity index (χ3v) is 5.10. The summed E-state index contributed by atoms with van der Waals surface area (Å²) >= 11 is 6.30. The molecule has 0 aromatic carbocycles. The van der Waals surface area contributed by atoms with Gasteiger partial charge in [-0.15, -0.1) is 0 Å². The van der Waals surface area contributed by atoms with Crippen LogP contribution in [0.15, 0.2) is 18.5 Å². The third-order valence-electron chi connectivity index (χ3n) is 4.75. The number of nitrogens with zero attached hydrogens (tertiary/aromatic N) is 2. The first-order chi connectivity index (χ1) is 10.1. The van der Waals surface area contributed by atoms with Crippen molar-refractivity contribution < 1.29 is 0 Å². The fraction of sp³-hybridized carbons (Fsp3) is 0.706. The summed E-state index contributed by atoms with van der Waals surface area (Å²) in [5.74, 6) is 0. The van der Waals surface area contributed by atoms with Crippen LogP contribution in [0.1, 0.15) is 45.6 Å². The van der Waals surface area contributed by atoms with Gasteiger partial charge in [0.25, 0.3) is 0 Å². The number of hydrogen-bond acceptors (Lipinski definition) is 3. The zero-order valence-electron chi connectivity index (χ0n) is 13.5. The molecule has 2 rings (SSSR count). The van der Waals surface area contributed by atoms with E-state index in [9.17, 15) is 0 Å². The molecule has 1 aliphatic rings. The van der Waals surface area contributed by atoms with Crippen LogP contribution in [0.2, 0.25) is 5.02 Å². The minimum atomic E-state index is 0.128. The summed E-state index contributed by atoms with van der Waals surface area (Å²) in [6.07, 6.45) is 8.52. The monoisotopic (exact) mass is 309 g/mol. The second-order valence-corrected chi connectivity index (χ2v) is 6.89. The van der Waals surface area contributed by atoms with Crippen LogP contribution in [0.5, 0.6) is 0 Å². The zero-order valence-corrected chi connectivity index (χ0v) is 14.3. The molecule has 1 atom stereocenters. The summed E-state index contributed by atoms with van der Waals surface area (Å²) in [5.41, 5.74) is 1.31. The number of pyridine rings is 1. The molecule has 0 aliphatic carbocycles. The summed E-state index contributed by atoms with van der Waals surface area (Å²) in [6.45, 7) is 10.3. The van der Waals surface area contributed by atoms with Crippen LogP contribution >= 0.6 is 11.6 Å². The highest BCUT2D eigenvalue weighted by Gasteiger charge is 2.35. The van der Waals surface area contributed by atoms with Gasteiger partial charge in [-0.2, -0.15) is 0 Å². The minimum absolute atomic E-state index is 0.128. The number of nitrogens with one attached hydrogen (secondary N) is 1. The van der Waals surface area contributed by atoms with E-state index in [-0.39, 0.29) is 5.54 Å². The van der Waals surface area contributed by atoms with E-state index in [4.69, 9.17) is 11.6 Å². The fourth-order valence-electron chi connectivity index (χ4n) is 3.30. The Balaban J connectivity index is 2.15. The highest BCUT2D eigenvalue weighted by molar-refractivity contribution is 6.31. The summed E-state index contributed by atoms with van der Waals surface area (Å²) in [5, 5.41) is 4.45. The average Bonchev–Trinajstić information content (AvgIpc) is 2.50. The van der Waals surface area contributed by atoms with E-state index >= 15 is 0 Å². The maximum atomic E-state index is 6.30. The molecular formula is C17H28ClN3. The van der Waals surface area contributed by atoms with Crippen molar-refractivity contribution in [2.75, 3.05) is 19.6 Å². The van der Waals surface area contributed by atoms with Gasteiger partial charge in [0, 0.05) is 24.0 Å². The Morgan fingerprint density at radius 3 is 2.67 bits per heavy atom. The van der Waals surface area contributed by atoms with Crippen LogP contribution in [-0.4, -0.2) is 41.1 Å². The summed E-state index contributed by atoms with van der Waals surface area (Å²) in [4.78, 5) is 6.73. The molecule has 1 aliphatic heterocycles. The van der Waals surface area contributed by atoms with Crippen LogP contribution in [0.4, 0.5) is 0 Å². The largest absolute Gasteiger partial charge is 0.312 e. The van der Waals surface area contributed by atoms with Crippen LogP contribution in [0.25, 0.3) is 0 Å². The Morgan fingerprint density at radius 1 is 1.33 bits per heavy atom. The predicted octanol–water partition coefficient (Wildman–Crippen LogP) is 3.52. The fourth-order valence-corrected chi connectivity index (χ4v) is 3.49. The summed E-state index contributed by atoms with van der Waals surface area (Å²) in [7, 11) is 0. The quantitative estimate of drug-likeness (QED) is 0.871. The second kappa shape index (κ2) is 7.57. The first-order valence-electron chi connectivity index (χ1n) is 8.12. The Labute approximate surface area is 134 Å². The molecule has 1 aromatic heterocycles. The van der Waals surface area contributed by atoms with Crippen LogP contribution in [0.3, 0.4) is 0 Å². The zero-order chi connectivity index (χ0) is 15.3. The van der Waals surface area contributed by atoms with Crippen molar-refractivity contribution in [1.29, 1.82) is 0 Å². The molecule has 1 N–H and O–H groups in total. The molecule has 3 nitrogen and oxygen atoms in total. The lowest BCUT2D eigenvalue weighted by Gasteiger charge is -2.46. The van der Waals surface area contributed by atoms with Crippen molar-refractivity contribution in [3.05, 3.63) is 29.0 Å². The van der Waals surface area contributed by atoms with Gasteiger partial charge in [-0.25, -0.2) is 0 Å². The molecule has 0 radical (unpaired) electrons. The standard InChI is InChI=1S/C17H28ClN3/c1-4-20-16(12-14-8-9-19-13-15(14)18)17(2,3)21-10-6-5-7-11-21/h8-9,13,16,20H,4-7,10-12H2,1-3H3. The maximum absolute atomic E-state index is 6.30. The first-order valence-corrected chi connectivity index (χ1v) is 8.50. The van der Waals surface area contributed by atoms with Gasteiger partial charge in [0.05, 0.1) is 5.02 Å². The molecular weight excluding hydrogens is 282 g/mol. The van der Waals surface area contributed by atoms with E-state index in [1.807, 2.05) is 12.3 Å². The molecule has 1 aromatic rings. The second-order valence-electron chi connectivity index (χ2n) is 6.48. The Kier molecular flexibility index (Phi) is 6.03. The normalized spacial score (nSPS) is 18.7. The SMILES string of the molecule is CCNC(Cc1ccncc1Cl)C(C)(C)N1CCCCC1. The number of likely N-dealkylation sites (N-methyl/N-ethyl adjacent to an activating group) is 1. The first kappa shape index (κ1) is 16.7. The molecule has 1 unspecified atom stereocenters. The number of halogens is 1. The predicted molar refractivity (Wildman–Crippen MR) is 89.9 cm³/mol. The lowest BCUT2D eigenvalue weighted by molar-refractivity contribution is 0.0616. The van der Waals surface area contributed by atoms with Gasteiger partial charge in [-0.05, 0) is 64.4 Å². The number of aromatic nitrogens is 1. The van der Waals surface area contributed by atoms with Gasteiger partial charge in [-0.1, -0.05) is 24.9 Å². The lowest BCUT2D eigenvalue weighted by Crippen LogP contribution is -2.59. The Bertz CT molecular complexity index is 441. The van der Waals surface area contributed by atoms with Crippen molar-refractivity contribution in [2.24, 2.45) is 0 Å². The Morgan fingerprint density at radius 2 is 2.05 bits per heavy atom. The molecule has 0 spiro atoms. The molecule has 0 saturated carbocycles. The minimum Gasteiger partial charge on any atom is -0.312 e. The highest BCUT2D eigenvalue weighted by Crippen LogP contribution is 2.27. The van der Waals surface area contributed by atoms with Gasteiger partial charge >= 0.3 is 0 Å². The Hall–Kier alpha value is -0.640. The maximum Gasteiger partial charge on any atom is 0.0621 e. The van der Waals surface area contributed by atoms with Crippen LogP contribution in [0, 0.1) is 0 Å². The summed E-state index contributed by atoms with van der Waals surface area (Å²) in [6, 6.07) is 2.43. The van der Waals surface area contributed by atoms with Gasteiger partial charge in [0.1, 0.15) is 0 Å². The molecule has 0 amide bonds. The molecule has 4 heteroatoms. The van der Waals surface area contributed by atoms with Crippen molar-refractivity contribution >= 4 is 11.6 Å². The number of piperidine rings is 1. The molecule has 0 bridgehead atoms. The molecule has 1 saturated heterocycles. The molecule has 21 heavy (non-hydrogen) atoms. The number of likely N-dealkylation sites (tertiary alicyclic amines) is 1. The van der Waals surface area contributed by atoms with E-state index in [0.717, 1.165) is 18.0 Å².